The molecule has 4 rings (SSSR count). The molecule has 0 unspecified atom stereocenters. The summed E-state index contributed by atoms with van der Waals surface area (Å²) in [6, 6.07) is 11.8. The second-order valence-electron chi connectivity index (χ2n) is 6.66. The zero-order valence-corrected chi connectivity index (χ0v) is 15.1. The van der Waals surface area contributed by atoms with Crippen LogP contribution in [0.3, 0.4) is 0 Å². The van der Waals surface area contributed by atoms with Crippen LogP contribution in [0.1, 0.15) is 6.42 Å². The van der Waals surface area contributed by atoms with Crippen molar-refractivity contribution in [3.63, 3.8) is 0 Å². The molecule has 1 amide bonds. The van der Waals surface area contributed by atoms with Crippen molar-refractivity contribution >= 4 is 5.91 Å². The van der Waals surface area contributed by atoms with Gasteiger partial charge < -0.3 is 14.2 Å². The van der Waals surface area contributed by atoms with Gasteiger partial charge in [-0.1, -0.05) is 30.3 Å². The molecule has 1 fully saturated rings. The normalized spacial score (nSPS) is 17.6. The van der Waals surface area contributed by atoms with E-state index in [0.29, 0.717) is 26.2 Å². The summed E-state index contributed by atoms with van der Waals surface area (Å²) < 4.78 is 9.67. The van der Waals surface area contributed by atoms with Crippen molar-refractivity contribution in [1.29, 1.82) is 0 Å². The van der Waals surface area contributed by atoms with Gasteiger partial charge in [-0.3, -0.25) is 9.48 Å². The monoisotopic (exact) mass is 365 g/mol. The van der Waals surface area contributed by atoms with Crippen molar-refractivity contribution in [1.82, 2.24) is 24.2 Å². The minimum Gasteiger partial charge on any atom is -0.374 e. The van der Waals surface area contributed by atoms with Crippen LogP contribution < -0.4 is 0 Å². The lowest BCUT2D eigenvalue weighted by Crippen LogP contribution is -2.40. The molecule has 1 atom stereocenters. The van der Waals surface area contributed by atoms with Crippen molar-refractivity contribution in [2.24, 2.45) is 0 Å². The number of ether oxygens (including phenoxy) is 1. The minimum absolute atomic E-state index is 0.0484. The maximum Gasteiger partial charge on any atom is 0.242 e. The van der Waals surface area contributed by atoms with Gasteiger partial charge in [-0.25, -0.2) is 4.98 Å². The van der Waals surface area contributed by atoms with Crippen LogP contribution in [0.15, 0.2) is 61.2 Å². The zero-order valence-electron chi connectivity index (χ0n) is 15.1. The second-order valence-corrected chi connectivity index (χ2v) is 6.66. The third-order valence-electron chi connectivity index (χ3n) is 4.71. The fourth-order valence-electron chi connectivity index (χ4n) is 3.38. The molecule has 2 aromatic heterocycles. The number of rotatable bonds is 5. The zero-order chi connectivity index (χ0) is 18.5. The maximum atomic E-state index is 12.9. The van der Waals surface area contributed by atoms with Gasteiger partial charge in [0.25, 0.3) is 0 Å². The smallest absolute Gasteiger partial charge is 0.242 e. The molecule has 0 N–H and O–H groups in total. The van der Waals surface area contributed by atoms with Gasteiger partial charge in [-0.15, -0.1) is 0 Å². The molecule has 0 saturated carbocycles. The fraction of sp³-hybridized carbons (Fsp3) is 0.350. The van der Waals surface area contributed by atoms with Gasteiger partial charge in [0.05, 0.1) is 12.6 Å². The number of amides is 1. The van der Waals surface area contributed by atoms with E-state index in [1.54, 1.807) is 12.4 Å². The highest BCUT2D eigenvalue weighted by Gasteiger charge is 2.23. The standard InChI is InChI=1S/C20H23N5O2/c26-19(16-24-12-9-21-20(24)17-6-2-1-3-7-17)23-10-5-13-27-18(14-23)15-25-11-4-8-22-25/h1-4,6-9,11-12,18H,5,10,13-16H2/t18-/m0/s1. The van der Waals surface area contributed by atoms with Crippen LogP contribution in [-0.4, -0.2) is 55.9 Å². The molecule has 1 saturated heterocycles. The molecule has 0 bridgehead atoms. The van der Waals surface area contributed by atoms with Gasteiger partial charge in [-0.2, -0.15) is 5.10 Å². The molecular formula is C20H23N5O2. The number of carbonyl (C=O) groups excluding carboxylic acids is 1. The highest BCUT2D eigenvalue weighted by atomic mass is 16.5. The predicted octanol–water partition coefficient (Wildman–Crippen LogP) is 2.06. The van der Waals surface area contributed by atoms with E-state index in [9.17, 15) is 4.79 Å². The van der Waals surface area contributed by atoms with E-state index in [1.807, 2.05) is 62.9 Å². The SMILES string of the molecule is O=C(Cn1ccnc1-c1ccccc1)N1CCCO[C@H](Cn2cccn2)C1. The quantitative estimate of drug-likeness (QED) is 0.694. The Balaban J connectivity index is 1.44. The molecule has 1 aromatic carbocycles. The van der Waals surface area contributed by atoms with Crippen molar-refractivity contribution in [3.8, 4) is 11.4 Å². The molecule has 140 valence electrons. The molecule has 0 radical (unpaired) electrons. The van der Waals surface area contributed by atoms with Gasteiger partial charge in [0.1, 0.15) is 12.4 Å². The Hall–Kier alpha value is -2.93. The summed E-state index contributed by atoms with van der Waals surface area (Å²) in [5.41, 5.74) is 1.01. The molecule has 1 aliphatic rings. The first-order valence-corrected chi connectivity index (χ1v) is 9.23. The highest BCUT2D eigenvalue weighted by Crippen LogP contribution is 2.17. The van der Waals surface area contributed by atoms with Crippen molar-refractivity contribution in [3.05, 3.63) is 61.2 Å². The van der Waals surface area contributed by atoms with Crippen molar-refractivity contribution in [2.45, 2.75) is 25.6 Å². The molecule has 3 aromatic rings. The van der Waals surface area contributed by atoms with E-state index in [4.69, 9.17) is 4.74 Å². The minimum atomic E-state index is -0.0484. The summed E-state index contributed by atoms with van der Waals surface area (Å²) in [6.45, 7) is 2.88. The number of hydrogen-bond acceptors (Lipinski definition) is 4. The Kier molecular flexibility index (Phi) is 5.29. The van der Waals surface area contributed by atoms with Gasteiger partial charge in [-0.05, 0) is 12.5 Å². The van der Waals surface area contributed by atoms with Crippen LogP contribution >= 0.6 is 0 Å². The van der Waals surface area contributed by atoms with Gasteiger partial charge in [0, 0.05) is 50.0 Å². The van der Waals surface area contributed by atoms with E-state index >= 15 is 0 Å². The summed E-state index contributed by atoms with van der Waals surface area (Å²) in [6.07, 6.45) is 8.06. The van der Waals surface area contributed by atoms with Gasteiger partial charge in [0.15, 0.2) is 0 Å². The number of nitrogens with zero attached hydrogens (tertiary/aromatic N) is 5. The summed E-state index contributed by atoms with van der Waals surface area (Å²) in [7, 11) is 0. The van der Waals surface area contributed by atoms with Crippen molar-refractivity contribution in [2.75, 3.05) is 19.7 Å². The predicted molar refractivity (Wildman–Crippen MR) is 101 cm³/mol. The highest BCUT2D eigenvalue weighted by molar-refractivity contribution is 5.76. The van der Waals surface area contributed by atoms with Crippen molar-refractivity contribution < 1.29 is 9.53 Å². The lowest BCUT2D eigenvalue weighted by molar-refractivity contribution is -0.132. The molecule has 27 heavy (non-hydrogen) atoms. The Morgan fingerprint density at radius 1 is 1.15 bits per heavy atom. The third kappa shape index (κ3) is 4.25. The number of carbonyl (C=O) groups is 1. The van der Waals surface area contributed by atoms with E-state index in [0.717, 1.165) is 17.8 Å². The van der Waals surface area contributed by atoms with Crippen LogP contribution in [0.2, 0.25) is 0 Å². The average molecular weight is 365 g/mol. The van der Waals surface area contributed by atoms with E-state index in [1.165, 1.54) is 0 Å². The van der Waals surface area contributed by atoms with Crippen LogP contribution in [0.4, 0.5) is 0 Å². The molecule has 0 spiro atoms. The molecule has 7 nitrogen and oxygen atoms in total. The third-order valence-corrected chi connectivity index (χ3v) is 4.71. The summed E-state index contributed by atoms with van der Waals surface area (Å²) in [5.74, 6) is 0.893. The number of aromatic nitrogens is 4. The van der Waals surface area contributed by atoms with E-state index in [2.05, 4.69) is 10.1 Å². The van der Waals surface area contributed by atoms with Crippen LogP contribution in [0, 0.1) is 0 Å². The van der Waals surface area contributed by atoms with Crippen LogP contribution in [0.25, 0.3) is 11.4 Å². The molecule has 0 aliphatic carbocycles. The van der Waals surface area contributed by atoms with E-state index in [-0.39, 0.29) is 18.6 Å². The number of benzene rings is 1. The first kappa shape index (κ1) is 17.5. The Bertz CT molecular complexity index is 860. The Morgan fingerprint density at radius 3 is 2.85 bits per heavy atom. The molecule has 3 heterocycles. The molecule has 7 heteroatoms. The molecule has 1 aliphatic heterocycles. The average Bonchev–Trinajstić information content (AvgIpc) is 3.31. The first-order chi connectivity index (χ1) is 13.3. The summed E-state index contributed by atoms with van der Waals surface area (Å²) in [4.78, 5) is 19.3. The maximum absolute atomic E-state index is 12.9. The second kappa shape index (κ2) is 8.18. The van der Waals surface area contributed by atoms with Crippen LogP contribution in [0.5, 0.6) is 0 Å². The van der Waals surface area contributed by atoms with Crippen LogP contribution in [-0.2, 0) is 22.6 Å². The summed E-state index contributed by atoms with van der Waals surface area (Å²) in [5, 5.41) is 4.24. The van der Waals surface area contributed by atoms with Gasteiger partial charge >= 0.3 is 0 Å². The number of imidazole rings is 1. The molecular weight excluding hydrogens is 342 g/mol. The number of hydrogen-bond donors (Lipinski definition) is 0. The Morgan fingerprint density at radius 2 is 2.04 bits per heavy atom. The topological polar surface area (TPSA) is 65.2 Å². The Labute approximate surface area is 158 Å². The largest absolute Gasteiger partial charge is 0.374 e. The lowest BCUT2D eigenvalue weighted by Gasteiger charge is -2.24. The first-order valence-electron chi connectivity index (χ1n) is 9.23. The lowest BCUT2D eigenvalue weighted by atomic mass is 10.2. The van der Waals surface area contributed by atoms with Gasteiger partial charge in [0.2, 0.25) is 5.91 Å². The fourth-order valence-corrected chi connectivity index (χ4v) is 3.38. The van der Waals surface area contributed by atoms with E-state index < -0.39 is 0 Å². The summed E-state index contributed by atoms with van der Waals surface area (Å²) >= 11 is 0.